The van der Waals surface area contributed by atoms with Gasteiger partial charge in [0.15, 0.2) is 0 Å². The molecule has 206 valence electrons. The molecule has 0 saturated carbocycles. The van der Waals surface area contributed by atoms with Crippen molar-refractivity contribution in [2.24, 2.45) is 0 Å². The Bertz CT molecular complexity index is 1440. The number of phenols is 1. The number of likely N-dealkylation sites (N-methyl/N-ethyl adjacent to an activating group) is 1. The van der Waals surface area contributed by atoms with E-state index < -0.39 is 24.2 Å². The Hall–Kier alpha value is -3.92. The predicted molar refractivity (Wildman–Crippen MR) is 143 cm³/mol. The fourth-order valence-corrected chi connectivity index (χ4v) is 5.78. The minimum absolute atomic E-state index is 0.0111. The van der Waals surface area contributed by atoms with E-state index in [2.05, 4.69) is 14.6 Å². The average molecular weight is 539 g/mol. The van der Waals surface area contributed by atoms with Crippen LogP contribution in [-0.2, 0) is 11.2 Å². The minimum atomic E-state index is -2.97. The van der Waals surface area contributed by atoms with Gasteiger partial charge in [-0.25, -0.2) is 4.79 Å². The van der Waals surface area contributed by atoms with Gasteiger partial charge in [0.2, 0.25) is 0 Å². The smallest absolute Gasteiger partial charge is 0.387 e. The number of halogens is 2. The molecule has 3 heterocycles. The lowest BCUT2D eigenvalue weighted by Crippen LogP contribution is -2.53. The van der Waals surface area contributed by atoms with Crippen LogP contribution in [0, 0.1) is 0 Å². The van der Waals surface area contributed by atoms with Crippen LogP contribution in [-0.4, -0.2) is 75.1 Å². The number of hydrogen-bond acceptors (Lipinski definition) is 5. The van der Waals surface area contributed by atoms with Crippen molar-refractivity contribution in [2.75, 3.05) is 26.2 Å². The summed E-state index contributed by atoms with van der Waals surface area (Å²) in [5.41, 5.74) is 1.52. The zero-order valence-electron chi connectivity index (χ0n) is 22.2. The van der Waals surface area contributed by atoms with Gasteiger partial charge in [-0.15, -0.1) is 0 Å². The number of nitrogens with one attached hydrogen (secondary N) is 1. The number of carbonyl (C=O) groups excluding carboxylic acids is 2. The van der Waals surface area contributed by atoms with E-state index in [0.29, 0.717) is 28.7 Å². The Morgan fingerprint density at radius 1 is 1.26 bits per heavy atom. The molecule has 2 aliphatic heterocycles. The van der Waals surface area contributed by atoms with Crippen molar-refractivity contribution in [3.05, 3.63) is 71.4 Å². The van der Waals surface area contributed by atoms with E-state index in [9.17, 15) is 23.5 Å². The molecule has 2 aromatic carbocycles. The average Bonchev–Trinajstić information content (AvgIpc) is 3.34. The van der Waals surface area contributed by atoms with Crippen LogP contribution in [0.3, 0.4) is 0 Å². The van der Waals surface area contributed by atoms with E-state index in [1.807, 2.05) is 26.0 Å². The van der Waals surface area contributed by atoms with Crippen molar-refractivity contribution in [3.63, 3.8) is 0 Å². The number of amides is 3. The SMILES string of the molecule is C/C=C\CN(CC)CCN1C(=O)N2[C@H](c3cccc(O)c3)c3[nH]c4ccc(OC(F)F)cc4c3C[C@@]2(C)C1=O. The molecule has 0 radical (unpaired) electrons. The van der Waals surface area contributed by atoms with E-state index >= 15 is 0 Å². The lowest BCUT2D eigenvalue weighted by Gasteiger charge is -2.42. The van der Waals surface area contributed by atoms with Crippen molar-refractivity contribution in [1.82, 2.24) is 19.7 Å². The summed E-state index contributed by atoms with van der Waals surface area (Å²) < 4.78 is 30.5. The number of alkyl halides is 2. The Balaban J connectivity index is 1.59. The summed E-state index contributed by atoms with van der Waals surface area (Å²) in [7, 11) is 0. The zero-order valence-corrected chi connectivity index (χ0v) is 22.2. The molecular weight excluding hydrogens is 506 g/mol. The summed E-state index contributed by atoms with van der Waals surface area (Å²) in [6.07, 6.45) is 4.20. The molecule has 0 unspecified atom stereocenters. The van der Waals surface area contributed by atoms with Gasteiger partial charge >= 0.3 is 12.6 Å². The van der Waals surface area contributed by atoms with Crippen LogP contribution >= 0.6 is 0 Å². The highest BCUT2D eigenvalue weighted by Gasteiger charge is 2.60. The molecule has 0 aliphatic carbocycles. The van der Waals surface area contributed by atoms with Crippen LogP contribution in [0.4, 0.5) is 13.6 Å². The maximum atomic E-state index is 14.0. The molecule has 10 heteroatoms. The van der Waals surface area contributed by atoms with Crippen molar-refractivity contribution < 1.29 is 28.2 Å². The van der Waals surface area contributed by atoms with Gasteiger partial charge in [-0.2, -0.15) is 8.78 Å². The van der Waals surface area contributed by atoms with Gasteiger partial charge in [0.25, 0.3) is 5.91 Å². The first-order chi connectivity index (χ1) is 18.7. The molecule has 5 rings (SSSR count). The fraction of sp³-hybridized carbons (Fsp3) is 0.379. The number of allylic oxidation sites excluding steroid dienone is 1. The maximum absolute atomic E-state index is 14.0. The van der Waals surface area contributed by atoms with E-state index in [4.69, 9.17) is 0 Å². The van der Waals surface area contributed by atoms with Crippen molar-refractivity contribution in [1.29, 1.82) is 0 Å². The molecule has 2 aliphatic rings. The molecule has 3 aromatic rings. The monoisotopic (exact) mass is 538 g/mol. The van der Waals surface area contributed by atoms with Gasteiger partial charge in [-0.1, -0.05) is 31.2 Å². The summed E-state index contributed by atoms with van der Waals surface area (Å²) >= 11 is 0. The lowest BCUT2D eigenvalue weighted by molar-refractivity contribution is -0.133. The standard InChI is InChI=1S/C29H32F2N4O4/c1-4-6-12-33(5-2)13-14-34-26(37)29(3)17-22-21-16-20(39-27(30)31)10-11-23(21)32-24(22)25(35(29)28(34)38)18-8-7-9-19(36)15-18/h4,6-11,15-16,25,27,32,36H,5,12-14,17H2,1-3H3/b6-4-/t25-,29+/m1/s1. The second kappa shape index (κ2) is 10.3. The molecule has 1 saturated heterocycles. The number of imide groups is 1. The van der Waals surface area contributed by atoms with Crippen LogP contribution in [0.5, 0.6) is 11.5 Å². The number of rotatable bonds is 9. The number of benzene rings is 2. The number of nitrogens with zero attached hydrogens (tertiary/aromatic N) is 3. The highest BCUT2D eigenvalue weighted by Crippen LogP contribution is 2.49. The number of phenolic OH excluding ortho intramolecular Hbond substituents is 1. The molecule has 1 aromatic heterocycles. The van der Waals surface area contributed by atoms with Crippen LogP contribution in [0.1, 0.15) is 43.6 Å². The second-order valence-corrected chi connectivity index (χ2v) is 10.1. The predicted octanol–water partition coefficient (Wildman–Crippen LogP) is 5.04. The summed E-state index contributed by atoms with van der Waals surface area (Å²) in [4.78, 5) is 36.3. The first-order valence-electron chi connectivity index (χ1n) is 13.0. The minimum Gasteiger partial charge on any atom is -0.508 e. The number of urea groups is 1. The van der Waals surface area contributed by atoms with Crippen molar-refractivity contribution >= 4 is 22.8 Å². The fourth-order valence-electron chi connectivity index (χ4n) is 5.78. The van der Waals surface area contributed by atoms with Gasteiger partial charge in [0.05, 0.1) is 0 Å². The molecule has 39 heavy (non-hydrogen) atoms. The summed E-state index contributed by atoms with van der Waals surface area (Å²) in [6.45, 7) is 5.02. The third-order valence-electron chi connectivity index (χ3n) is 7.74. The van der Waals surface area contributed by atoms with Gasteiger partial charge in [-0.3, -0.25) is 19.5 Å². The zero-order chi connectivity index (χ0) is 27.9. The van der Waals surface area contributed by atoms with Crippen molar-refractivity contribution in [3.8, 4) is 11.5 Å². The Morgan fingerprint density at radius 2 is 2.05 bits per heavy atom. The van der Waals surface area contributed by atoms with Crippen molar-refractivity contribution in [2.45, 2.75) is 45.4 Å². The normalized spacial score (nSPS) is 21.1. The molecule has 2 atom stereocenters. The van der Waals surface area contributed by atoms with E-state index in [-0.39, 0.29) is 30.4 Å². The van der Waals surface area contributed by atoms with E-state index in [0.717, 1.165) is 18.7 Å². The number of hydrogen-bond donors (Lipinski definition) is 2. The second-order valence-electron chi connectivity index (χ2n) is 10.1. The lowest BCUT2D eigenvalue weighted by atomic mass is 9.81. The number of carbonyl (C=O) groups is 2. The molecule has 3 amide bonds. The van der Waals surface area contributed by atoms with Crippen LogP contribution in [0.2, 0.25) is 0 Å². The summed E-state index contributed by atoms with van der Waals surface area (Å²) in [6, 6.07) is 10.1. The first kappa shape index (κ1) is 26.7. The number of fused-ring (bicyclic) bond motifs is 4. The maximum Gasteiger partial charge on any atom is 0.387 e. The van der Waals surface area contributed by atoms with Gasteiger partial charge < -0.3 is 14.8 Å². The molecule has 2 N–H and O–H groups in total. The first-order valence-corrected chi connectivity index (χ1v) is 13.0. The topological polar surface area (TPSA) is 89.1 Å². The Morgan fingerprint density at radius 3 is 2.74 bits per heavy atom. The molecule has 1 fully saturated rings. The molecular formula is C29H32F2N4O4. The number of aromatic amines is 1. The third kappa shape index (κ3) is 4.63. The van der Waals surface area contributed by atoms with Gasteiger partial charge in [0.1, 0.15) is 23.1 Å². The molecule has 0 bridgehead atoms. The number of aromatic nitrogens is 1. The Labute approximate surface area is 225 Å². The molecule has 0 spiro atoms. The van der Waals surface area contributed by atoms with E-state index in [1.165, 1.54) is 17.0 Å². The third-order valence-corrected chi connectivity index (χ3v) is 7.74. The van der Waals surface area contributed by atoms with Gasteiger partial charge in [-0.05, 0) is 61.9 Å². The van der Waals surface area contributed by atoms with E-state index in [1.54, 1.807) is 42.2 Å². The highest BCUT2D eigenvalue weighted by molar-refractivity contribution is 6.08. The van der Waals surface area contributed by atoms with Gasteiger partial charge in [0, 0.05) is 42.7 Å². The number of aromatic hydroxyl groups is 1. The van der Waals surface area contributed by atoms with Crippen LogP contribution in [0.15, 0.2) is 54.6 Å². The van der Waals surface area contributed by atoms with Crippen LogP contribution < -0.4 is 4.74 Å². The highest BCUT2D eigenvalue weighted by atomic mass is 19.3. The number of ether oxygens (including phenoxy) is 1. The quantitative estimate of drug-likeness (QED) is 0.294. The largest absolute Gasteiger partial charge is 0.508 e. The van der Waals surface area contributed by atoms with Crippen LogP contribution in [0.25, 0.3) is 10.9 Å². The summed E-state index contributed by atoms with van der Waals surface area (Å²) in [5, 5.41) is 10.9. The summed E-state index contributed by atoms with van der Waals surface area (Å²) in [5.74, 6) is -0.265. The Kier molecular flexibility index (Phi) is 7.07. The number of H-pyrrole nitrogens is 1. The molecule has 8 nitrogen and oxygen atoms in total.